The van der Waals surface area contributed by atoms with Gasteiger partial charge in [-0.2, -0.15) is 0 Å². The fourth-order valence-corrected chi connectivity index (χ4v) is 3.89. The maximum absolute atomic E-state index is 12.3. The van der Waals surface area contributed by atoms with E-state index in [0.717, 1.165) is 18.5 Å². The minimum atomic E-state index is -0.342. The summed E-state index contributed by atoms with van der Waals surface area (Å²) in [7, 11) is 0. The van der Waals surface area contributed by atoms with Crippen molar-refractivity contribution in [3.8, 4) is 0 Å². The SMILES string of the molecule is CC(=O)N(c1ccccc1)c1nc(/C=C/C(=O)Nc2cccc(C(=O)NC3CC3)c2)cs1. The summed E-state index contributed by atoms with van der Waals surface area (Å²) >= 11 is 1.32. The maximum Gasteiger partial charge on any atom is 0.251 e. The van der Waals surface area contributed by atoms with E-state index in [1.807, 2.05) is 30.3 Å². The van der Waals surface area contributed by atoms with Crippen molar-refractivity contribution in [3.63, 3.8) is 0 Å². The normalized spacial score (nSPS) is 13.0. The van der Waals surface area contributed by atoms with Crippen LogP contribution in [0.4, 0.5) is 16.5 Å². The van der Waals surface area contributed by atoms with Gasteiger partial charge in [-0.25, -0.2) is 4.98 Å². The standard InChI is InChI=1S/C24H22N4O3S/c1-16(29)28(21-8-3-2-4-9-21)24-27-20(15-32-24)12-13-22(30)25-19-7-5-6-17(14-19)23(31)26-18-10-11-18/h2-9,12-15,18H,10-11H2,1H3,(H,25,30)(H,26,31)/b13-12+. The fraction of sp³-hybridized carbons (Fsp3) is 0.167. The van der Waals surface area contributed by atoms with Gasteiger partial charge in [0.2, 0.25) is 11.8 Å². The number of nitrogens with one attached hydrogen (secondary N) is 2. The molecule has 0 atom stereocenters. The number of benzene rings is 2. The number of amides is 3. The van der Waals surface area contributed by atoms with Crippen LogP contribution in [0.1, 0.15) is 35.8 Å². The molecule has 1 fully saturated rings. The molecule has 4 rings (SSSR count). The average molecular weight is 447 g/mol. The summed E-state index contributed by atoms with van der Waals surface area (Å²) in [4.78, 5) is 42.6. The van der Waals surface area contributed by atoms with Crippen LogP contribution in [0.5, 0.6) is 0 Å². The minimum absolute atomic E-state index is 0.136. The largest absolute Gasteiger partial charge is 0.349 e. The number of thiazole rings is 1. The first-order valence-corrected chi connectivity index (χ1v) is 11.1. The second-order valence-electron chi connectivity index (χ2n) is 7.40. The zero-order valence-corrected chi connectivity index (χ0v) is 18.3. The summed E-state index contributed by atoms with van der Waals surface area (Å²) in [5, 5.41) is 7.99. The summed E-state index contributed by atoms with van der Waals surface area (Å²) in [6, 6.07) is 16.4. The van der Waals surface area contributed by atoms with Gasteiger partial charge in [0, 0.05) is 35.7 Å². The number of aromatic nitrogens is 1. The van der Waals surface area contributed by atoms with Gasteiger partial charge >= 0.3 is 0 Å². The lowest BCUT2D eigenvalue weighted by atomic mass is 10.2. The molecule has 0 aliphatic heterocycles. The van der Waals surface area contributed by atoms with Gasteiger partial charge in [0.1, 0.15) is 0 Å². The van der Waals surface area contributed by atoms with E-state index in [-0.39, 0.29) is 23.8 Å². The summed E-state index contributed by atoms with van der Waals surface area (Å²) in [5.41, 5.74) is 2.34. The number of carbonyl (C=O) groups excluding carboxylic acids is 3. The van der Waals surface area contributed by atoms with Gasteiger partial charge in [-0.15, -0.1) is 11.3 Å². The molecule has 0 unspecified atom stereocenters. The molecule has 8 heteroatoms. The number of hydrogen-bond acceptors (Lipinski definition) is 5. The zero-order valence-electron chi connectivity index (χ0n) is 17.4. The monoisotopic (exact) mass is 446 g/mol. The Kier molecular flexibility index (Phi) is 6.42. The summed E-state index contributed by atoms with van der Waals surface area (Å²) < 4.78 is 0. The summed E-state index contributed by atoms with van der Waals surface area (Å²) in [5.74, 6) is -0.627. The molecule has 0 spiro atoms. The van der Waals surface area contributed by atoms with Gasteiger partial charge in [-0.05, 0) is 49.2 Å². The van der Waals surface area contributed by atoms with Crippen molar-refractivity contribution in [1.29, 1.82) is 0 Å². The van der Waals surface area contributed by atoms with E-state index in [9.17, 15) is 14.4 Å². The molecule has 1 aliphatic carbocycles. The van der Waals surface area contributed by atoms with E-state index < -0.39 is 0 Å². The second kappa shape index (κ2) is 9.57. The molecular formula is C24H22N4O3S. The third-order valence-electron chi connectivity index (χ3n) is 4.74. The van der Waals surface area contributed by atoms with Crippen LogP contribution in [0.15, 0.2) is 66.1 Å². The van der Waals surface area contributed by atoms with Gasteiger partial charge < -0.3 is 10.6 Å². The van der Waals surface area contributed by atoms with Crippen LogP contribution >= 0.6 is 11.3 Å². The van der Waals surface area contributed by atoms with E-state index in [1.165, 1.54) is 29.2 Å². The Morgan fingerprint density at radius 3 is 2.59 bits per heavy atom. The minimum Gasteiger partial charge on any atom is -0.349 e. The number of rotatable bonds is 7. The number of hydrogen-bond donors (Lipinski definition) is 2. The van der Waals surface area contributed by atoms with Crippen molar-refractivity contribution in [2.45, 2.75) is 25.8 Å². The molecule has 1 heterocycles. The van der Waals surface area contributed by atoms with Crippen LogP contribution < -0.4 is 15.5 Å². The van der Waals surface area contributed by atoms with Crippen LogP contribution in [0, 0.1) is 0 Å². The first kappa shape index (κ1) is 21.5. The lowest BCUT2D eigenvalue weighted by molar-refractivity contribution is -0.116. The predicted octanol–water partition coefficient (Wildman–Crippen LogP) is 4.37. The number of anilines is 3. The molecule has 32 heavy (non-hydrogen) atoms. The van der Waals surface area contributed by atoms with Crippen LogP contribution in [0.3, 0.4) is 0 Å². The van der Waals surface area contributed by atoms with E-state index >= 15 is 0 Å². The number of nitrogens with zero attached hydrogens (tertiary/aromatic N) is 2. The highest BCUT2D eigenvalue weighted by atomic mass is 32.1. The third-order valence-corrected chi connectivity index (χ3v) is 5.58. The van der Waals surface area contributed by atoms with Gasteiger partial charge in [0.05, 0.1) is 11.4 Å². The predicted molar refractivity (Wildman–Crippen MR) is 126 cm³/mol. The van der Waals surface area contributed by atoms with Crippen molar-refractivity contribution >= 4 is 51.6 Å². The second-order valence-corrected chi connectivity index (χ2v) is 8.23. The first-order chi connectivity index (χ1) is 15.5. The van der Waals surface area contributed by atoms with Crippen molar-refractivity contribution in [1.82, 2.24) is 10.3 Å². The topological polar surface area (TPSA) is 91.4 Å². The Hall–Kier alpha value is -3.78. The third kappa shape index (κ3) is 5.47. The molecule has 7 nitrogen and oxygen atoms in total. The van der Waals surface area contributed by atoms with E-state index in [1.54, 1.807) is 35.7 Å². The van der Waals surface area contributed by atoms with E-state index in [4.69, 9.17) is 0 Å². The average Bonchev–Trinajstić information content (AvgIpc) is 3.48. The molecule has 2 N–H and O–H groups in total. The molecule has 3 aromatic rings. The molecule has 1 aromatic heterocycles. The van der Waals surface area contributed by atoms with E-state index in [2.05, 4.69) is 15.6 Å². The van der Waals surface area contributed by atoms with Crippen molar-refractivity contribution in [3.05, 3.63) is 77.3 Å². The highest BCUT2D eigenvalue weighted by Crippen LogP contribution is 2.29. The van der Waals surface area contributed by atoms with Crippen LogP contribution in [0.25, 0.3) is 6.08 Å². The van der Waals surface area contributed by atoms with Crippen molar-refractivity contribution in [2.75, 3.05) is 10.2 Å². The highest BCUT2D eigenvalue weighted by molar-refractivity contribution is 7.14. The van der Waals surface area contributed by atoms with Crippen molar-refractivity contribution in [2.24, 2.45) is 0 Å². The summed E-state index contributed by atoms with van der Waals surface area (Å²) in [6.07, 6.45) is 4.99. The first-order valence-electron chi connectivity index (χ1n) is 10.2. The highest BCUT2D eigenvalue weighted by Gasteiger charge is 2.23. The lowest BCUT2D eigenvalue weighted by Gasteiger charge is -2.17. The van der Waals surface area contributed by atoms with Crippen LogP contribution in [-0.4, -0.2) is 28.7 Å². The van der Waals surface area contributed by atoms with Crippen molar-refractivity contribution < 1.29 is 14.4 Å². The summed E-state index contributed by atoms with van der Waals surface area (Å²) in [6.45, 7) is 1.48. The van der Waals surface area contributed by atoms with Gasteiger partial charge in [0.25, 0.3) is 5.91 Å². The Bertz CT molecular complexity index is 1170. The molecular weight excluding hydrogens is 424 g/mol. The molecule has 0 saturated heterocycles. The molecule has 162 valence electrons. The van der Waals surface area contributed by atoms with Gasteiger partial charge in [-0.1, -0.05) is 24.3 Å². The molecule has 1 saturated carbocycles. The Morgan fingerprint density at radius 1 is 1.09 bits per heavy atom. The Balaban J connectivity index is 1.40. The fourth-order valence-electron chi connectivity index (χ4n) is 3.04. The maximum atomic E-state index is 12.3. The molecule has 1 aliphatic rings. The Morgan fingerprint density at radius 2 is 1.88 bits per heavy atom. The van der Waals surface area contributed by atoms with Gasteiger partial charge in [-0.3, -0.25) is 19.3 Å². The molecule has 3 amide bonds. The molecule has 0 bridgehead atoms. The van der Waals surface area contributed by atoms with Gasteiger partial charge in [0.15, 0.2) is 5.13 Å². The molecule has 2 aromatic carbocycles. The smallest absolute Gasteiger partial charge is 0.251 e. The molecule has 0 radical (unpaired) electrons. The van der Waals surface area contributed by atoms with Crippen LogP contribution in [0.2, 0.25) is 0 Å². The van der Waals surface area contributed by atoms with E-state index in [0.29, 0.717) is 22.1 Å². The van der Waals surface area contributed by atoms with Crippen LogP contribution in [-0.2, 0) is 9.59 Å². The Labute approximate surface area is 189 Å². The number of carbonyl (C=O) groups is 3. The zero-order chi connectivity index (χ0) is 22.5. The quantitative estimate of drug-likeness (QED) is 0.527. The lowest BCUT2D eigenvalue weighted by Crippen LogP contribution is -2.25. The number of para-hydroxylation sites is 1.